The van der Waals surface area contributed by atoms with Gasteiger partial charge in [-0.05, 0) is 6.42 Å². The molecule has 0 saturated heterocycles. The van der Waals surface area contributed by atoms with E-state index < -0.39 is 0 Å². The lowest BCUT2D eigenvalue weighted by atomic mass is 10.3. The molecule has 0 saturated carbocycles. The lowest BCUT2D eigenvalue weighted by Crippen LogP contribution is -2.16. The summed E-state index contributed by atoms with van der Waals surface area (Å²) < 4.78 is 2.06. The van der Waals surface area contributed by atoms with Crippen molar-refractivity contribution < 1.29 is 0 Å². The van der Waals surface area contributed by atoms with Crippen LogP contribution in [0.15, 0.2) is 25.0 Å². The van der Waals surface area contributed by atoms with Crippen LogP contribution < -0.4 is 5.32 Å². The number of rotatable bonds is 6. The zero-order valence-corrected chi connectivity index (χ0v) is 9.87. The van der Waals surface area contributed by atoms with Crippen LogP contribution in [0.1, 0.15) is 24.7 Å². The van der Waals surface area contributed by atoms with Gasteiger partial charge in [-0.2, -0.15) is 0 Å². The average molecular weight is 232 g/mol. The quantitative estimate of drug-likeness (QED) is 0.796. The monoisotopic (exact) mass is 232 g/mol. The molecule has 0 aromatic carbocycles. The van der Waals surface area contributed by atoms with Crippen molar-refractivity contribution >= 4 is 0 Å². The Morgan fingerprint density at radius 2 is 2.06 bits per heavy atom. The summed E-state index contributed by atoms with van der Waals surface area (Å²) in [7, 11) is 0. The molecule has 0 amide bonds. The fourth-order valence-electron chi connectivity index (χ4n) is 1.58. The van der Waals surface area contributed by atoms with Crippen molar-refractivity contribution in [3.63, 3.8) is 0 Å². The Balaban J connectivity index is 1.84. The third kappa shape index (κ3) is 3.32. The molecule has 2 heterocycles. The van der Waals surface area contributed by atoms with Crippen molar-refractivity contribution in [3.05, 3.63) is 36.4 Å². The molecule has 0 atom stereocenters. The normalized spacial score (nSPS) is 10.6. The molecule has 1 N–H and O–H groups in total. The third-order valence-corrected chi connectivity index (χ3v) is 2.39. The molecule has 0 radical (unpaired) electrons. The van der Waals surface area contributed by atoms with Crippen molar-refractivity contribution in [2.75, 3.05) is 0 Å². The van der Waals surface area contributed by atoms with E-state index >= 15 is 0 Å². The van der Waals surface area contributed by atoms with Gasteiger partial charge in [0.2, 0.25) is 0 Å². The number of hydrogen-bond donors (Lipinski definition) is 1. The molecule has 6 heteroatoms. The van der Waals surface area contributed by atoms with Gasteiger partial charge in [0.15, 0.2) is 0 Å². The molecule has 2 aromatic heterocycles. The Hall–Kier alpha value is -1.82. The summed E-state index contributed by atoms with van der Waals surface area (Å²) in [6.07, 6.45) is 7.98. The lowest BCUT2D eigenvalue weighted by molar-refractivity contribution is 0.587. The standard InChI is InChI=1S/C11H16N6/c1-2-3-17-9-15-16-11(17)7-12-4-10-5-13-8-14-6-10/h5-6,8-9,12H,2-4,7H2,1H3. The third-order valence-electron chi connectivity index (χ3n) is 2.39. The Kier molecular flexibility index (Phi) is 4.15. The fraction of sp³-hybridized carbons (Fsp3) is 0.455. The average Bonchev–Trinajstić information content (AvgIpc) is 2.79. The minimum Gasteiger partial charge on any atom is -0.317 e. The van der Waals surface area contributed by atoms with Crippen LogP contribution in [-0.2, 0) is 19.6 Å². The number of hydrogen-bond acceptors (Lipinski definition) is 5. The highest BCUT2D eigenvalue weighted by Gasteiger charge is 2.02. The van der Waals surface area contributed by atoms with E-state index in [-0.39, 0.29) is 0 Å². The molecule has 0 aliphatic heterocycles. The van der Waals surface area contributed by atoms with Crippen molar-refractivity contribution in [1.82, 2.24) is 30.0 Å². The number of aromatic nitrogens is 5. The van der Waals surface area contributed by atoms with Crippen molar-refractivity contribution in [2.45, 2.75) is 33.0 Å². The van der Waals surface area contributed by atoms with Gasteiger partial charge in [-0.3, -0.25) is 0 Å². The van der Waals surface area contributed by atoms with Crippen LogP contribution in [0.25, 0.3) is 0 Å². The minimum atomic E-state index is 0.703. The molecular weight excluding hydrogens is 216 g/mol. The van der Waals surface area contributed by atoms with Crippen molar-refractivity contribution in [1.29, 1.82) is 0 Å². The topological polar surface area (TPSA) is 68.5 Å². The zero-order chi connectivity index (χ0) is 11.9. The first-order valence-corrected chi connectivity index (χ1v) is 5.71. The summed E-state index contributed by atoms with van der Waals surface area (Å²) >= 11 is 0. The first-order valence-electron chi connectivity index (χ1n) is 5.71. The maximum absolute atomic E-state index is 4.09. The molecule has 0 aliphatic rings. The molecule has 0 unspecified atom stereocenters. The van der Waals surface area contributed by atoms with E-state index in [1.807, 2.05) is 0 Å². The number of nitrogens with one attached hydrogen (secondary N) is 1. The molecule has 0 aliphatic carbocycles. The Morgan fingerprint density at radius 3 is 2.82 bits per heavy atom. The van der Waals surface area contributed by atoms with Gasteiger partial charge in [0.05, 0.1) is 6.54 Å². The van der Waals surface area contributed by atoms with Crippen LogP contribution >= 0.6 is 0 Å². The van der Waals surface area contributed by atoms with Crippen LogP contribution in [0, 0.1) is 0 Å². The summed E-state index contributed by atoms with van der Waals surface area (Å²) in [5.41, 5.74) is 1.06. The van der Waals surface area contributed by atoms with Gasteiger partial charge in [0, 0.05) is 31.0 Å². The largest absolute Gasteiger partial charge is 0.317 e. The smallest absolute Gasteiger partial charge is 0.146 e. The van der Waals surface area contributed by atoms with E-state index in [0.717, 1.165) is 30.9 Å². The van der Waals surface area contributed by atoms with Crippen LogP contribution in [0.5, 0.6) is 0 Å². The zero-order valence-electron chi connectivity index (χ0n) is 9.87. The second-order valence-electron chi connectivity index (χ2n) is 3.79. The maximum atomic E-state index is 4.09. The van der Waals surface area contributed by atoms with Gasteiger partial charge < -0.3 is 9.88 Å². The van der Waals surface area contributed by atoms with Crippen molar-refractivity contribution in [2.24, 2.45) is 0 Å². The second-order valence-corrected chi connectivity index (χ2v) is 3.79. The summed E-state index contributed by atoms with van der Waals surface area (Å²) in [6, 6.07) is 0. The molecule has 0 bridgehead atoms. The molecule has 2 aromatic rings. The predicted octanol–water partition coefficient (Wildman–Crippen LogP) is 0.768. The molecule has 17 heavy (non-hydrogen) atoms. The Morgan fingerprint density at radius 1 is 1.24 bits per heavy atom. The van der Waals surface area contributed by atoms with Gasteiger partial charge >= 0.3 is 0 Å². The molecule has 6 nitrogen and oxygen atoms in total. The van der Waals surface area contributed by atoms with E-state index in [1.54, 1.807) is 18.7 Å². The van der Waals surface area contributed by atoms with Gasteiger partial charge in [-0.15, -0.1) is 10.2 Å². The molecule has 0 spiro atoms. The first kappa shape index (κ1) is 11.7. The Bertz CT molecular complexity index is 438. The predicted molar refractivity (Wildman–Crippen MR) is 62.9 cm³/mol. The lowest BCUT2D eigenvalue weighted by Gasteiger charge is -2.06. The van der Waals surface area contributed by atoms with Gasteiger partial charge in [-0.1, -0.05) is 6.92 Å². The van der Waals surface area contributed by atoms with Crippen LogP contribution in [0.3, 0.4) is 0 Å². The number of nitrogens with zero attached hydrogens (tertiary/aromatic N) is 5. The Labute approximate surface area is 100 Å². The first-order chi connectivity index (χ1) is 8.40. The summed E-state index contributed by atoms with van der Waals surface area (Å²) in [5, 5.41) is 11.3. The summed E-state index contributed by atoms with van der Waals surface area (Å²) in [5.74, 6) is 0.962. The van der Waals surface area contributed by atoms with Gasteiger partial charge in [-0.25, -0.2) is 9.97 Å². The summed E-state index contributed by atoms with van der Waals surface area (Å²) in [4.78, 5) is 7.93. The van der Waals surface area contributed by atoms with Crippen LogP contribution in [-0.4, -0.2) is 24.7 Å². The van der Waals surface area contributed by atoms with E-state index in [0.29, 0.717) is 6.54 Å². The maximum Gasteiger partial charge on any atom is 0.146 e. The summed E-state index contributed by atoms with van der Waals surface area (Å²) in [6.45, 7) is 4.53. The van der Waals surface area contributed by atoms with E-state index in [4.69, 9.17) is 0 Å². The number of aryl methyl sites for hydroxylation is 1. The minimum absolute atomic E-state index is 0.703. The SMILES string of the molecule is CCCn1cnnc1CNCc1cncnc1. The highest BCUT2D eigenvalue weighted by Crippen LogP contribution is 1.98. The second kappa shape index (κ2) is 6.05. The molecule has 2 rings (SSSR count). The van der Waals surface area contributed by atoms with E-state index in [9.17, 15) is 0 Å². The molecule has 90 valence electrons. The highest BCUT2D eigenvalue weighted by atomic mass is 15.3. The van der Waals surface area contributed by atoms with Gasteiger partial charge in [0.1, 0.15) is 18.5 Å². The van der Waals surface area contributed by atoms with E-state index in [2.05, 4.69) is 37.0 Å². The van der Waals surface area contributed by atoms with Crippen molar-refractivity contribution in [3.8, 4) is 0 Å². The van der Waals surface area contributed by atoms with Crippen LogP contribution in [0.2, 0.25) is 0 Å². The van der Waals surface area contributed by atoms with E-state index in [1.165, 1.54) is 6.33 Å². The fourth-order valence-corrected chi connectivity index (χ4v) is 1.58. The molecule has 0 fully saturated rings. The van der Waals surface area contributed by atoms with Gasteiger partial charge in [0.25, 0.3) is 0 Å². The molecular formula is C11H16N6. The van der Waals surface area contributed by atoms with Crippen LogP contribution in [0.4, 0.5) is 0 Å². The highest BCUT2D eigenvalue weighted by molar-refractivity contribution is 5.01.